The lowest BCUT2D eigenvalue weighted by Crippen LogP contribution is -2.37. The maximum absolute atomic E-state index is 12.1. The molecule has 7 nitrogen and oxygen atoms in total. The molecule has 10 heteroatoms. The average molecular weight is 395 g/mol. The maximum Gasteiger partial charge on any atom is 0.252 e. The van der Waals surface area contributed by atoms with Gasteiger partial charge in [-0.2, -0.15) is 0 Å². The van der Waals surface area contributed by atoms with Gasteiger partial charge in [-0.25, -0.2) is 16.8 Å². The molecule has 1 aromatic carbocycles. The van der Waals surface area contributed by atoms with Crippen LogP contribution in [0.1, 0.15) is 23.2 Å². The summed E-state index contributed by atoms with van der Waals surface area (Å²) < 4.78 is 47.6. The summed E-state index contributed by atoms with van der Waals surface area (Å²) in [5.74, 6) is -0.574. The molecule has 1 aliphatic rings. The zero-order valence-electron chi connectivity index (χ0n) is 13.2. The van der Waals surface area contributed by atoms with Crippen molar-refractivity contribution in [1.29, 1.82) is 0 Å². The number of anilines is 1. The zero-order chi connectivity index (χ0) is 18.0. The van der Waals surface area contributed by atoms with Crippen molar-refractivity contribution in [1.82, 2.24) is 5.32 Å². The fourth-order valence-corrected chi connectivity index (χ4v) is 4.73. The van der Waals surface area contributed by atoms with Crippen LogP contribution < -0.4 is 9.62 Å². The van der Waals surface area contributed by atoms with Crippen LogP contribution in [0.25, 0.3) is 0 Å². The first kappa shape index (κ1) is 19.0. The molecule has 1 heterocycles. The van der Waals surface area contributed by atoms with Crippen LogP contribution in [-0.4, -0.2) is 53.6 Å². The summed E-state index contributed by atoms with van der Waals surface area (Å²) in [6.07, 6.45) is 2.48. The number of nitrogens with zero attached hydrogens (tertiary/aromatic N) is 1. The Labute approximate surface area is 147 Å². The molecule has 1 saturated heterocycles. The fourth-order valence-electron chi connectivity index (χ4n) is 2.37. The van der Waals surface area contributed by atoms with E-state index in [0.29, 0.717) is 18.7 Å². The lowest BCUT2D eigenvalue weighted by Gasteiger charge is -2.28. The molecule has 0 spiro atoms. The van der Waals surface area contributed by atoms with E-state index >= 15 is 0 Å². The molecular weight excluding hydrogens is 376 g/mol. The van der Waals surface area contributed by atoms with Crippen LogP contribution in [-0.2, 0) is 19.9 Å². The van der Waals surface area contributed by atoms with E-state index in [0.717, 1.165) is 12.7 Å². The molecule has 2 rings (SSSR count). The van der Waals surface area contributed by atoms with Crippen molar-refractivity contribution in [2.45, 2.75) is 12.8 Å². The standard InChI is InChI=1S/C14H19ClN2O5S2/c1-23(19,20)9-6-16-14(18)12-5-4-11(10-13(12)15)17-7-2-3-8-24(17,21)22/h4-5,10H,2-3,6-9H2,1H3,(H,16,18). The third-order valence-electron chi connectivity index (χ3n) is 3.59. The second-order valence-corrected chi connectivity index (χ2v) is 10.3. The molecule has 1 amide bonds. The van der Waals surface area contributed by atoms with Crippen molar-refractivity contribution in [3.63, 3.8) is 0 Å². The Morgan fingerprint density at radius 3 is 2.62 bits per heavy atom. The van der Waals surface area contributed by atoms with Crippen molar-refractivity contribution in [3.05, 3.63) is 28.8 Å². The number of hydrogen-bond donors (Lipinski definition) is 1. The minimum atomic E-state index is -3.35. The molecule has 1 aromatic rings. The predicted octanol–water partition coefficient (Wildman–Crippen LogP) is 1.04. The van der Waals surface area contributed by atoms with Gasteiger partial charge in [-0.1, -0.05) is 11.6 Å². The SMILES string of the molecule is CS(=O)(=O)CCNC(=O)c1ccc(N2CCCCS2(=O)=O)cc1Cl. The van der Waals surface area contributed by atoms with Gasteiger partial charge in [0.1, 0.15) is 9.84 Å². The van der Waals surface area contributed by atoms with Gasteiger partial charge in [-0.15, -0.1) is 0 Å². The molecule has 1 aliphatic heterocycles. The lowest BCUT2D eigenvalue weighted by atomic mass is 10.2. The van der Waals surface area contributed by atoms with Gasteiger partial charge in [-0.05, 0) is 31.0 Å². The summed E-state index contributed by atoms with van der Waals surface area (Å²) in [6, 6.07) is 4.41. The highest BCUT2D eigenvalue weighted by molar-refractivity contribution is 7.92. The van der Waals surface area contributed by atoms with Crippen LogP contribution in [0.2, 0.25) is 5.02 Å². The molecule has 0 unspecified atom stereocenters. The number of nitrogens with one attached hydrogen (secondary N) is 1. The summed E-state index contributed by atoms with van der Waals surface area (Å²) in [7, 11) is -6.52. The molecule has 0 radical (unpaired) electrons. The number of rotatable bonds is 5. The van der Waals surface area contributed by atoms with Gasteiger partial charge in [0.2, 0.25) is 10.0 Å². The first-order chi connectivity index (χ1) is 11.1. The van der Waals surface area contributed by atoms with Crippen LogP contribution in [0.15, 0.2) is 18.2 Å². The van der Waals surface area contributed by atoms with Crippen molar-refractivity contribution in [3.8, 4) is 0 Å². The average Bonchev–Trinajstić information content (AvgIpc) is 2.45. The quantitative estimate of drug-likeness (QED) is 0.804. The molecule has 0 saturated carbocycles. The number of halogens is 1. The van der Waals surface area contributed by atoms with E-state index in [9.17, 15) is 21.6 Å². The number of sulfone groups is 1. The third-order valence-corrected chi connectivity index (χ3v) is 6.72. The topological polar surface area (TPSA) is 101 Å². The molecule has 1 N–H and O–H groups in total. The van der Waals surface area contributed by atoms with Crippen molar-refractivity contribution in [2.24, 2.45) is 0 Å². The number of benzene rings is 1. The van der Waals surface area contributed by atoms with Crippen LogP contribution in [0.5, 0.6) is 0 Å². The molecule has 0 aromatic heterocycles. The van der Waals surface area contributed by atoms with Crippen molar-refractivity contribution < 1.29 is 21.6 Å². The van der Waals surface area contributed by atoms with Crippen LogP contribution >= 0.6 is 11.6 Å². The number of carbonyl (C=O) groups is 1. The number of hydrogen-bond acceptors (Lipinski definition) is 5. The zero-order valence-corrected chi connectivity index (χ0v) is 15.5. The van der Waals surface area contributed by atoms with Gasteiger partial charge >= 0.3 is 0 Å². The molecule has 0 aliphatic carbocycles. The Balaban J connectivity index is 2.13. The number of carbonyl (C=O) groups excluding carboxylic acids is 1. The summed E-state index contributed by atoms with van der Waals surface area (Å²) >= 11 is 6.10. The van der Waals surface area contributed by atoms with Gasteiger partial charge in [-0.3, -0.25) is 9.10 Å². The van der Waals surface area contributed by atoms with E-state index in [-0.39, 0.29) is 28.6 Å². The van der Waals surface area contributed by atoms with Gasteiger partial charge in [0.15, 0.2) is 0 Å². The third kappa shape index (κ3) is 4.84. The smallest absolute Gasteiger partial charge is 0.252 e. The van der Waals surface area contributed by atoms with E-state index in [1.165, 1.54) is 22.5 Å². The van der Waals surface area contributed by atoms with Crippen LogP contribution in [0, 0.1) is 0 Å². The first-order valence-corrected chi connectivity index (χ1v) is 11.4. The second-order valence-electron chi connectivity index (χ2n) is 5.65. The highest BCUT2D eigenvalue weighted by Gasteiger charge is 2.26. The highest BCUT2D eigenvalue weighted by Crippen LogP contribution is 2.28. The van der Waals surface area contributed by atoms with Crippen molar-refractivity contribution >= 4 is 43.1 Å². The van der Waals surface area contributed by atoms with Gasteiger partial charge in [0, 0.05) is 19.3 Å². The molecular formula is C14H19ClN2O5S2. The van der Waals surface area contributed by atoms with E-state index in [1.807, 2.05) is 0 Å². The molecule has 24 heavy (non-hydrogen) atoms. The second kappa shape index (κ2) is 7.28. The van der Waals surface area contributed by atoms with E-state index in [2.05, 4.69) is 5.32 Å². The maximum atomic E-state index is 12.1. The van der Waals surface area contributed by atoms with Crippen LogP contribution in [0.4, 0.5) is 5.69 Å². The highest BCUT2D eigenvalue weighted by atomic mass is 35.5. The monoisotopic (exact) mass is 394 g/mol. The Morgan fingerprint density at radius 1 is 1.33 bits per heavy atom. The predicted molar refractivity (Wildman–Crippen MR) is 93.9 cm³/mol. The van der Waals surface area contributed by atoms with Gasteiger partial charge < -0.3 is 5.32 Å². The van der Waals surface area contributed by atoms with Gasteiger partial charge in [0.05, 0.1) is 27.8 Å². The Kier molecular flexibility index (Phi) is 5.77. The summed E-state index contributed by atoms with van der Waals surface area (Å²) in [5, 5.41) is 2.59. The summed E-state index contributed by atoms with van der Waals surface area (Å²) in [6.45, 7) is 0.370. The minimum Gasteiger partial charge on any atom is -0.351 e. The fraction of sp³-hybridized carbons (Fsp3) is 0.500. The molecule has 0 atom stereocenters. The van der Waals surface area contributed by atoms with E-state index in [4.69, 9.17) is 11.6 Å². The number of sulfonamides is 1. The Morgan fingerprint density at radius 2 is 2.04 bits per heavy atom. The van der Waals surface area contributed by atoms with E-state index in [1.54, 1.807) is 0 Å². The molecule has 0 bridgehead atoms. The van der Waals surface area contributed by atoms with Gasteiger partial charge in [0.25, 0.3) is 5.91 Å². The van der Waals surface area contributed by atoms with Crippen LogP contribution in [0.3, 0.4) is 0 Å². The normalized spacial score (nSPS) is 17.5. The molecule has 1 fully saturated rings. The lowest BCUT2D eigenvalue weighted by molar-refractivity contribution is 0.0956. The van der Waals surface area contributed by atoms with E-state index < -0.39 is 25.8 Å². The summed E-state index contributed by atoms with van der Waals surface area (Å²) in [4.78, 5) is 12.0. The number of amides is 1. The summed E-state index contributed by atoms with van der Waals surface area (Å²) in [5.41, 5.74) is 0.593. The molecule has 134 valence electrons. The minimum absolute atomic E-state index is 0.0176. The Hall–Kier alpha value is -1.32. The largest absolute Gasteiger partial charge is 0.351 e. The van der Waals surface area contributed by atoms with Crippen molar-refractivity contribution in [2.75, 3.05) is 35.2 Å². The first-order valence-electron chi connectivity index (χ1n) is 7.36. The Bertz CT molecular complexity index is 837.